The van der Waals surface area contributed by atoms with E-state index in [1.807, 2.05) is 4.90 Å². The van der Waals surface area contributed by atoms with Crippen molar-refractivity contribution in [2.75, 3.05) is 12.3 Å². The Bertz CT molecular complexity index is 740. The average Bonchev–Trinajstić information content (AvgIpc) is 3.00. The minimum atomic E-state index is 0.00380. The van der Waals surface area contributed by atoms with Gasteiger partial charge < -0.3 is 10.6 Å². The third-order valence-electron chi connectivity index (χ3n) is 4.50. The number of rotatable bonds is 1. The lowest BCUT2D eigenvalue weighted by molar-refractivity contribution is 0.0728. The highest BCUT2D eigenvalue weighted by molar-refractivity contribution is 7.10. The second-order valence-corrected chi connectivity index (χ2v) is 6.91. The van der Waals surface area contributed by atoms with Crippen molar-refractivity contribution in [2.24, 2.45) is 0 Å². The molecule has 114 valence electrons. The monoisotopic (exact) mass is 314 g/mol. The molecule has 2 aliphatic rings. The third-order valence-corrected chi connectivity index (χ3v) is 5.52. The van der Waals surface area contributed by atoms with Gasteiger partial charge in [0.15, 0.2) is 0 Å². The molecule has 2 N–H and O–H groups in total. The van der Waals surface area contributed by atoms with E-state index in [4.69, 9.17) is 5.73 Å². The molecule has 0 saturated carbocycles. The van der Waals surface area contributed by atoms with Crippen LogP contribution in [0.15, 0.2) is 11.4 Å². The number of fused-ring (bicyclic) bond motifs is 2. The summed E-state index contributed by atoms with van der Waals surface area (Å²) in [6, 6.07) is 2.11. The predicted molar refractivity (Wildman–Crippen MR) is 85.8 cm³/mol. The number of nitrogen functional groups attached to an aromatic ring is 1. The number of carbonyl (C=O) groups excluding carboxylic acids is 1. The van der Waals surface area contributed by atoms with Crippen LogP contribution < -0.4 is 5.73 Å². The Morgan fingerprint density at radius 3 is 3.00 bits per heavy atom. The lowest BCUT2D eigenvalue weighted by Gasteiger charge is -2.28. The standard InChI is InChI=1S/C16H18N4OS/c17-16-18-12-4-2-1-3-11(12)14(19-16)15(21)20-7-5-13-10(9-20)6-8-22-13/h6,8H,1-5,7,9H2,(H2,17,18,19). The number of aryl methyl sites for hydroxylation is 1. The topological polar surface area (TPSA) is 72.1 Å². The van der Waals surface area contributed by atoms with E-state index < -0.39 is 0 Å². The minimum absolute atomic E-state index is 0.00380. The smallest absolute Gasteiger partial charge is 0.273 e. The molecule has 2 aromatic rings. The number of thiophene rings is 1. The van der Waals surface area contributed by atoms with Crippen LogP contribution in [0, 0.1) is 0 Å². The van der Waals surface area contributed by atoms with Gasteiger partial charge in [0, 0.05) is 29.2 Å². The first-order valence-electron chi connectivity index (χ1n) is 7.72. The second kappa shape index (κ2) is 5.35. The van der Waals surface area contributed by atoms with Gasteiger partial charge in [-0.05, 0) is 49.1 Å². The van der Waals surface area contributed by atoms with Crippen molar-refractivity contribution in [3.05, 3.63) is 38.8 Å². The number of carbonyl (C=O) groups is 1. The largest absolute Gasteiger partial charge is 0.368 e. The van der Waals surface area contributed by atoms with E-state index in [1.165, 1.54) is 10.4 Å². The normalized spacial score (nSPS) is 17.0. The molecule has 22 heavy (non-hydrogen) atoms. The summed E-state index contributed by atoms with van der Waals surface area (Å²) in [6.45, 7) is 1.43. The van der Waals surface area contributed by atoms with Gasteiger partial charge in [0.05, 0.1) is 0 Å². The molecule has 5 nitrogen and oxygen atoms in total. The Hall–Kier alpha value is -1.95. The van der Waals surface area contributed by atoms with Crippen molar-refractivity contribution in [3.8, 4) is 0 Å². The molecule has 0 aromatic carbocycles. The van der Waals surface area contributed by atoms with E-state index >= 15 is 0 Å². The van der Waals surface area contributed by atoms with Gasteiger partial charge in [0.25, 0.3) is 5.91 Å². The molecule has 2 aromatic heterocycles. The fourth-order valence-corrected chi connectivity index (χ4v) is 4.25. The van der Waals surface area contributed by atoms with E-state index in [0.717, 1.165) is 49.9 Å². The molecule has 0 atom stereocenters. The molecule has 0 fully saturated rings. The van der Waals surface area contributed by atoms with E-state index in [1.54, 1.807) is 11.3 Å². The number of anilines is 1. The summed E-state index contributed by atoms with van der Waals surface area (Å²) in [4.78, 5) is 24.8. The summed E-state index contributed by atoms with van der Waals surface area (Å²) in [5.74, 6) is 0.223. The lowest BCUT2D eigenvalue weighted by Crippen LogP contribution is -2.37. The van der Waals surface area contributed by atoms with E-state index in [0.29, 0.717) is 12.2 Å². The molecule has 3 heterocycles. The predicted octanol–water partition coefficient (Wildman–Crippen LogP) is 2.20. The number of hydrogen-bond acceptors (Lipinski definition) is 5. The quantitative estimate of drug-likeness (QED) is 0.876. The first-order valence-corrected chi connectivity index (χ1v) is 8.60. The molecular weight excluding hydrogens is 296 g/mol. The number of amides is 1. The van der Waals surface area contributed by atoms with Crippen molar-refractivity contribution >= 4 is 23.2 Å². The molecule has 1 aliphatic carbocycles. The van der Waals surface area contributed by atoms with Crippen LogP contribution >= 0.6 is 11.3 Å². The molecule has 0 saturated heterocycles. The molecule has 0 bridgehead atoms. The molecule has 0 radical (unpaired) electrons. The number of nitrogens with zero attached hydrogens (tertiary/aromatic N) is 3. The Kier molecular flexibility index (Phi) is 3.33. The van der Waals surface area contributed by atoms with Crippen LogP contribution in [-0.4, -0.2) is 27.3 Å². The second-order valence-electron chi connectivity index (χ2n) is 5.91. The Balaban J connectivity index is 1.67. The van der Waals surface area contributed by atoms with E-state index in [9.17, 15) is 4.79 Å². The molecule has 6 heteroatoms. The Labute approximate surface area is 133 Å². The highest BCUT2D eigenvalue weighted by atomic mass is 32.1. The lowest BCUT2D eigenvalue weighted by atomic mass is 9.94. The summed E-state index contributed by atoms with van der Waals surface area (Å²) in [5, 5.41) is 2.10. The number of nitrogens with two attached hydrogens (primary N) is 1. The van der Waals surface area contributed by atoms with Crippen LogP contribution in [0.2, 0.25) is 0 Å². The SMILES string of the molecule is Nc1nc2c(c(C(=O)N3CCc4sccc4C3)n1)CCCC2. The van der Waals surface area contributed by atoms with Gasteiger partial charge in [-0.3, -0.25) is 4.79 Å². The maximum absolute atomic E-state index is 12.9. The van der Waals surface area contributed by atoms with Crippen molar-refractivity contribution in [3.63, 3.8) is 0 Å². The van der Waals surface area contributed by atoms with Crippen molar-refractivity contribution < 1.29 is 4.79 Å². The van der Waals surface area contributed by atoms with Crippen molar-refractivity contribution in [2.45, 2.75) is 38.6 Å². The molecular formula is C16H18N4OS. The van der Waals surface area contributed by atoms with Gasteiger partial charge in [-0.2, -0.15) is 0 Å². The Morgan fingerprint density at radius 1 is 1.23 bits per heavy atom. The molecule has 0 spiro atoms. The minimum Gasteiger partial charge on any atom is -0.368 e. The fraction of sp³-hybridized carbons (Fsp3) is 0.438. The van der Waals surface area contributed by atoms with Crippen LogP contribution in [0.25, 0.3) is 0 Å². The maximum atomic E-state index is 12.9. The van der Waals surface area contributed by atoms with Gasteiger partial charge >= 0.3 is 0 Å². The van der Waals surface area contributed by atoms with E-state index in [-0.39, 0.29) is 11.9 Å². The summed E-state index contributed by atoms with van der Waals surface area (Å²) >= 11 is 1.78. The van der Waals surface area contributed by atoms with Gasteiger partial charge in [-0.25, -0.2) is 9.97 Å². The van der Waals surface area contributed by atoms with Gasteiger partial charge in [0.1, 0.15) is 5.69 Å². The highest BCUT2D eigenvalue weighted by Crippen LogP contribution is 2.27. The zero-order valence-electron chi connectivity index (χ0n) is 12.3. The zero-order chi connectivity index (χ0) is 15.1. The summed E-state index contributed by atoms with van der Waals surface area (Å²) in [6.07, 6.45) is 4.92. The van der Waals surface area contributed by atoms with Crippen molar-refractivity contribution in [1.29, 1.82) is 0 Å². The highest BCUT2D eigenvalue weighted by Gasteiger charge is 2.28. The van der Waals surface area contributed by atoms with Gasteiger partial charge in [-0.1, -0.05) is 0 Å². The molecule has 1 amide bonds. The van der Waals surface area contributed by atoms with Crippen LogP contribution in [0.3, 0.4) is 0 Å². The summed E-state index contributed by atoms with van der Waals surface area (Å²) in [7, 11) is 0. The summed E-state index contributed by atoms with van der Waals surface area (Å²) in [5.41, 5.74) is 9.59. The Morgan fingerprint density at radius 2 is 2.09 bits per heavy atom. The third kappa shape index (κ3) is 2.27. The number of hydrogen-bond donors (Lipinski definition) is 1. The molecule has 4 rings (SSSR count). The number of aromatic nitrogens is 2. The first kappa shape index (κ1) is 13.7. The fourth-order valence-electron chi connectivity index (χ4n) is 3.36. The van der Waals surface area contributed by atoms with Crippen LogP contribution in [0.1, 0.15) is 45.0 Å². The van der Waals surface area contributed by atoms with E-state index in [2.05, 4.69) is 21.4 Å². The molecule has 0 unspecified atom stereocenters. The molecule has 1 aliphatic heterocycles. The summed E-state index contributed by atoms with van der Waals surface area (Å²) < 4.78 is 0. The van der Waals surface area contributed by atoms with Crippen LogP contribution in [-0.2, 0) is 25.8 Å². The maximum Gasteiger partial charge on any atom is 0.273 e. The average molecular weight is 314 g/mol. The van der Waals surface area contributed by atoms with Crippen LogP contribution in [0.4, 0.5) is 5.95 Å². The van der Waals surface area contributed by atoms with Gasteiger partial charge in [-0.15, -0.1) is 11.3 Å². The van der Waals surface area contributed by atoms with Crippen molar-refractivity contribution in [1.82, 2.24) is 14.9 Å². The first-order chi connectivity index (χ1) is 10.7. The van der Waals surface area contributed by atoms with Crippen LogP contribution in [0.5, 0.6) is 0 Å². The zero-order valence-corrected chi connectivity index (χ0v) is 13.2. The van der Waals surface area contributed by atoms with Gasteiger partial charge in [0.2, 0.25) is 5.95 Å².